The summed E-state index contributed by atoms with van der Waals surface area (Å²) in [5.41, 5.74) is 4.51. The Kier molecular flexibility index (Phi) is 6.40. The molecular formula is C23H35N. The van der Waals surface area contributed by atoms with E-state index in [1.165, 1.54) is 87.2 Å². The first kappa shape index (κ1) is 17.6. The highest BCUT2D eigenvalue weighted by molar-refractivity contribution is 5.85. The summed E-state index contributed by atoms with van der Waals surface area (Å²) in [6, 6.07) is 8.88. The van der Waals surface area contributed by atoms with E-state index in [1.54, 1.807) is 5.56 Å². The molecule has 0 saturated heterocycles. The van der Waals surface area contributed by atoms with Gasteiger partial charge in [0.25, 0.3) is 0 Å². The first-order chi connectivity index (χ1) is 11.8. The van der Waals surface area contributed by atoms with Crippen LogP contribution in [0.15, 0.2) is 24.3 Å². The van der Waals surface area contributed by atoms with Gasteiger partial charge in [-0.2, -0.15) is 0 Å². The molecule has 1 aromatic heterocycles. The predicted molar refractivity (Wildman–Crippen MR) is 106 cm³/mol. The van der Waals surface area contributed by atoms with Crippen molar-refractivity contribution < 1.29 is 0 Å². The third-order valence-electron chi connectivity index (χ3n) is 6.10. The first-order valence-electron chi connectivity index (χ1n) is 10.4. The number of aromatic amines is 1. The van der Waals surface area contributed by atoms with E-state index in [0.717, 1.165) is 11.8 Å². The van der Waals surface area contributed by atoms with E-state index < -0.39 is 0 Å². The summed E-state index contributed by atoms with van der Waals surface area (Å²) in [5, 5.41) is 1.48. The van der Waals surface area contributed by atoms with Crippen molar-refractivity contribution in [2.75, 3.05) is 0 Å². The summed E-state index contributed by atoms with van der Waals surface area (Å²) < 4.78 is 0. The maximum atomic E-state index is 3.66. The van der Waals surface area contributed by atoms with Crippen LogP contribution in [0.25, 0.3) is 10.9 Å². The van der Waals surface area contributed by atoms with Crippen LogP contribution in [0, 0.1) is 5.92 Å². The zero-order valence-corrected chi connectivity index (χ0v) is 15.7. The van der Waals surface area contributed by atoms with Crippen molar-refractivity contribution in [3.8, 4) is 0 Å². The number of benzene rings is 1. The van der Waals surface area contributed by atoms with E-state index in [9.17, 15) is 0 Å². The molecule has 24 heavy (non-hydrogen) atoms. The molecule has 2 atom stereocenters. The van der Waals surface area contributed by atoms with E-state index in [-0.39, 0.29) is 0 Å². The summed E-state index contributed by atoms with van der Waals surface area (Å²) in [5.74, 6) is 1.60. The molecule has 1 aliphatic carbocycles. The number of rotatable bonds is 10. The minimum atomic E-state index is 0.778. The Morgan fingerprint density at radius 2 is 1.71 bits per heavy atom. The fourth-order valence-corrected chi connectivity index (χ4v) is 4.65. The number of aryl methyl sites for hydroxylation is 1. The molecule has 0 radical (unpaired) electrons. The molecule has 2 aromatic rings. The number of para-hydroxylation sites is 1. The maximum absolute atomic E-state index is 3.66. The molecule has 0 spiro atoms. The lowest BCUT2D eigenvalue weighted by Crippen LogP contribution is -2.06. The molecule has 2 unspecified atom stereocenters. The number of unbranched alkanes of at least 4 members (excludes halogenated alkanes) is 7. The molecule has 1 N–H and O–H groups in total. The minimum absolute atomic E-state index is 0.778. The van der Waals surface area contributed by atoms with Crippen LogP contribution in [0.5, 0.6) is 0 Å². The largest absolute Gasteiger partial charge is 0.358 e. The molecule has 1 aliphatic rings. The normalized spacial score (nSPS) is 18.2. The second-order valence-electron chi connectivity index (χ2n) is 7.95. The van der Waals surface area contributed by atoms with Crippen molar-refractivity contribution in [2.45, 2.75) is 90.4 Å². The van der Waals surface area contributed by atoms with E-state index >= 15 is 0 Å². The third kappa shape index (κ3) is 4.05. The van der Waals surface area contributed by atoms with Crippen LogP contribution in [0.4, 0.5) is 0 Å². The van der Waals surface area contributed by atoms with Gasteiger partial charge in [-0.3, -0.25) is 0 Å². The van der Waals surface area contributed by atoms with Crippen molar-refractivity contribution in [3.05, 3.63) is 35.5 Å². The second-order valence-corrected chi connectivity index (χ2v) is 7.95. The van der Waals surface area contributed by atoms with Crippen molar-refractivity contribution in [3.63, 3.8) is 0 Å². The summed E-state index contributed by atoms with van der Waals surface area (Å²) in [7, 11) is 0. The van der Waals surface area contributed by atoms with Crippen LogP contribution in [0.3, 0.4) is 0 Å². The lowest BCUT2D eigenvalue weighted by atomic mass is 9.84. The molecular weight excluding hydrogens is 290 g/mol. The van der Waals surface area contributed by atoms with Gasteiger partial charge in [-0.25, -0.2) is 0 Å². The van der Waals surface area contributed by atoms with Gasteiger partial charge >= 0.3 is 0 Å². The molecule has 1 nitrogen and oxygen atoms in total. The number of aromatic nitrogens is 1. The highest BCUT2D eigenvalue weighted by Gasteiger charge is 2.30. The van der Waals surface area contributed by atoms with Crippen LogP contribution in [-0.2, 0) is 6.42 Å². The smallest absolute Gasteiger partial charge is 0.0459 e. The number of H-pyrrole nitrogens is 1. The van der Waals surface area contributed by atoms with Gasteiger partial charge in [0.05, 0.1) is 0 Å². The average Bonchev–Trinajstić information content (AvgIpc) is 3.16. The molecule has 1 heteroatoms. The van der Waals surface area contributed by atoms with E-state index in [0.29, 0.717) is 0 Å². The van der Waals surface area contributed by atoms with Gasteiger partial charge in [-0.15, -0.1) is 0 Å². The molecule has 0 fully saturated rings. The van der Waals surface area contributed by atoms with Gasteiger partial charge in [0.2, 0.25) is 0 Å². The quantitative estimate of drug-likeness (QED) is 0.439. The van der Waals surface area contributed by atoms with Crippen molar-refractivity contribution in [1.82, 2.24) is 4.98 Å². The minimum Gasteiger partial charge on any atom is -0.358 e. The maximum Gasteiger partial charge on any atom is 0.0459 e. The highest BCUT2D eigenvalue weighted by atomic mass is 14.7. The topological polar surface area (TPSA) is 15.8 Å². The first-order valence-corrected chi connectivity index (χ1v) is 10.4. The average molecular weight is 326 g/mol. The summed E-state index contributed by atoms with van der Waals surface area (Å²) in [6.07, 6.45) is 15.4. The van der Waals surface area contributed by atoms with Gasteiger partial charge in [-0.05, 0) is 36.3 Å². The molecule has 1 aromatic carbocycles. The molecule has 132 valence electrons. The Bertz CT molecular complexity index is 624. The fraction of sp³-hybridized carbons (Fsp3) is 0.652. The van der Waals surface area contributed by atoms with Gasteiger partial charge in [0, 0.05) is 16.6 Å². The van der Waals surface area contributed by atoms with Crippen LogP contribution >= 0.6 is 0 Å². The predicted octanol–water partition coefficient (Wildman–Crippen LogP) is 7.36. The third-order valence-corrected chi connectivity index (χ3v) is 6.10. The number of nitrogens with one attached hydrogen (secondary N) is 1. The van der Waals surface area contributed by atoms with E-state index in [2.05, 4.69) is 43.1 Å². The van der Waals surface area contributed by atoms with Gasteiger partial charge in [-0.1, -0.05) is 89.8 Å². The van der Waals surface area contributed by atoms with Crippen LogP contribution < -0.4 is 0 Å². The monoisotopic (exact) mass is 325 g/mol. The summed E-state index contributed by atoms with van der Waals surface area (Å²) in [4.78, 5) is 3.66. The Balaban J connectivity index is 1.45. The zero-order valence-electron chi connectivity index (χ0n) is 15.7. The summed E-state index contributed by atoms with van der Waals surface area (Å²) >= 11 is 0. The number of hydrogen-bond donors (Lipinski definition) is 1. The van der Waals surface area contributed by atoms with E-state index in [4.69, 9.17) is 0 Å². The Morgan fingerprint density at radius 1 is 1.00 bits per heavy atom. The molecule has 0 amide bonds. The van der Waals surface area contributed by atoms with Crippen LogP contribution in [-0.4, -0.2) is 4.98 Å². The Morgan fingerprint density at radius 3 is 2.50 bits per heavy atom. The summed E-state index contributed by atoms with van der Waals surface area (Å²) in [6.45, 7) is 4.78. The molecule has 0 bridgehead atoms. The van der Waals surface area contributed by atoms with Gasteiger partial charge < -0.3 is 4.98 Å². The Hall–Kier alpha value is -1.24. The van der Waals surface area contributed by atoms with Gasteiger partial charge in [0.1, 0.15) is 0 Å². The lowest BCUT2D eigenvalue weighted by molar-refractivity contribution is 0.405. The lowest BCUT2D eigenvalue weighted by Gasteiger charge is -2.20. The van der Waals surface area contributed by atoms with Crippen molar-refractivity contribution in [1.29, 1.82) is 0 Å². The Labute approximate surface area is 148 Å². The van der Waals surface area contributed by atoms with Crippen molar-refractivity contribution in [2.24, 2.45) is 5.92 Å². The molecule has 3 rings (SSSR count). The molecule has 1 heterocycles. The number of hydrogen-bond acceptors (Lipinski definition) is 0. The van der Waals surface area contributed by atoms with Crippen LogP contribution in [0.2, 0.25) is 0 Å². The van der Waals surface area contributed by atoms with Crippen LogP contribution in [0.1, 0.15) is 95.2 Å². The van der Waals surface area contributed by atoms with E-state index in [1.807, 2.05) is 0 Å². The molecule has 0 aliphatic heterocycles. The SMILES string of the molecule is CCCCCCCCCCC(C)C1CCc2[nH]c3ccccc3c21. The van der Waals surface area contributed by atoms with Gasteiger partial charge in [0.15, 0.2) is 0 Å². The van der Waals surface area contributed by atoms with Crippen molar-refractivity contribution >= 4 is 10.9 Å². The molecule has 0 saturated carbocycles. The second kappa shape index (κ2) is 8.74. The fourth-order valence-electron chi connectivity index (χ4n) is 4.65. The zero-order chi connectivity index (χ0) is 16.8. The standard InChI is InChI=1S/C23H35N/c1-3-4-5-6-7-8-9-10-13-18(2)19-16-17-22-23(19)20-14-11-12-15-21(20)24-22/h11-12,14-15,18-19,24H,3-10,13,16-17H2,1-2H3. The number of fused-ring (bicyclic) bond motifs is 3. The highest BCUT2D eigenvalue weighted by Crippen LogP contribution is 2.43.